The maximum absolute atomic E-state index is 12.4. The Labute approximate surface area is 175 Å². The summed E-state index contributed by atoms with van der Waals surface area (Å²) < 4.78 is 10.3. The number of methoxy groups -OCH3 is 2. The summed E-state index contributed by atoms with van der Waals surface area (Å²) in [4.78, 5) is 34.5. The van der Waals surface area contributed by atoms with Crippen molar-refractivity contribution in [3.05, 3.63) is 35.0 Å². The molecule has 10 heteroatoms. The van der Waals surface area contributed by atoms with Crippen LogP contribution in [-0.4, -0.2) is 46.9 Å². The molecule has 1 amide bonds. The van der Waals surface area contributed by atoms with E-state index in [1.165, 1.54) is 44.4 Å². The zero-order valence-corrected chi connectivity index (χ0v) is 17.6. The van der Waals surface area contributed by atoms with Crippen molar-refractivity contribution in [1.29, 1.82) is 0 Å². The van der Waals surface area contributed by atoms with Crippen molar-refractivity contribution in [2.75, 3.05) is 25.3 Å². The van der Waals surface area contributed by atoms with Crippen molar-refractivity contribution in [3.8, 4) is 11.5 Å². The minimum atomic E-state index is -1.17. The van der Waals surface area contributed by atoms with E-state index in [4.69, 9.17) is 9.47 Å². The minimum absolute atomic E-state index is 0.0742. The number of nitrogens with one attached hydrogen (secondary N) is 1. The lowest BCUT2D eigenvalue weighted by molar-refractivity contribution is -0.115. The molecule has 0 bridgehead atoms. The Morgan fingerprint density at radius 1 is 1.17 bits per heavy atom. The molecule has 0 aliphatic carbocycles. The highest BCUT2D eigenvalue weighted by Gasteiger charge is 2.18. The molecule has 0 saturated carbocycles. The lowest BCUT2D eigenvalue weighted by Gasteiger charge is -2.13. The van der Waals surface area contributed by atoms with E-state index in [-0.39, 0.29) is 29.3 Å². The molecule has 0 spiro atoms. The number of ether oxygens (including phenoxy) is 2. The highest BCUT2D eigenvalue weighted by atomic mass is 32.2. The van der Waals surface area contributed by atoms with Gasteiger partial charge in [-0.25, -0.2) is 14.8 Å². The number of carboxylic acid groups (broad SMARTS) is 1. The van der Waals surface area contributed by atoms with E-state index in [0.29, 0.717) is 11.5 Å². The number of fused-ring (bicyclic) bond motifs is 1. The molecule has 3 rings (SSSR count). The molecule has 3 aromatic rings. The van der Waals surface area contributed by atoms with E-state index >= 15 is 0 Å². The first-order valence-electron chi connectivity index (χ1n) is 8.56. The molecule has 2 N–H and O–H groups in total. The number of carbonyl (C=O) groups excluding carboxylic acids is 1. The molecular weight excluding hydrogens is 414 g/mol. The van der Waals surface area contributed by atoms with Crippen LogP contribution >= 0.6 is 23.1 Å². The van der Waals surface area contributed by atoms with Crippen molar-refractivity contribution < 1.29 is 24.2 Å². The van der Waals surface area contributed by atoms with Crippen LogP contribution in [0.4, 0.5) is 5.69 Å². The van der Waals surface area contributed by atoms with Gasteiger partial charge in [-0.1, -0.05) is 0 Å². The molecule has 0 radical (unpaired) electrons. The molecule has 0 saturated heterocycles. The van der Waals surface area contributed by atoms with Gasteiger partial charge in [0.1, 0.15) is 16.2 Å². The van der Waals surface area contributed by atoms with E-state index in [1.54, 1.807) is 11.3 Å². The summed E-state index contributed by atoms with van der Waals surface area (Å²) in [5.41, 5.74) is 0.0814. The number of aromatic carboxylic acids is 1. The molecule has 8 nitrogen and oxygen atoms in total. The number of thiophene rings is 1. The smallest absolute Gasteiger partial charge is 0.337 e. The van der Waals surface area contributed by atoms with Gasteiger partial charge >= 0.3 is 5.97 Å². The lowest BCUT2D eigenvalue weighted by atomic mass is 10.1. The van der Waals surface area contributed by atoms with Crippen LogP contribution in [0.1, 0.15) is 21.7 Å². The Morgan fingerprint density at radius 2 is 1.90 bits per heavy atom. The summed E-state index contributed by atoms with van der Waals surface area (Å²) in [6.45, 7) is 2.01. The normalized spacial score (nSPS) is 10.7. The number of nitrogens with zero attached hydrogens (tertiary/aromatic N) is 2. The first kappa shape index (κ1) is 20.9. The molecule has 1 aromatic carbocycles. The van der Waals surface area contributed by atoms with Crippen LogP contribution in [0.15, 0.2) is 29.6 Å². The molecule has 152 valence electrons. The van der Waals surface area contributed by atoms with Crippen LogP contribution in [0.3, 0.4) is 0 Å². The Bertz CT molecular complexity index is 1070. The zero-order valence-electron chi connectivity index (χ0n) is 16.0. The topological polar surface area (TPSA) is 111 Å². The maximum Gasteiger partial charge on any atom is 0.337 e. The number of rotatable bonds is 8. The summed E-state index contributed by atoms with van der Waals surface area (Å²) in [7, 11) is 2.85. The third-order valence-corrected chi connectivity index (χ3v) is 5.98. The number of thioether (sulfide) groups is 1. The summed E-state index contributed by atoms with van der Waals surface area (Å²) in [5.74, 6) is -0.385. The average Bonchev–Trinajstić information content (AvgIpc) is 3.08. The van der Waals surface area contributed by atoms with Crippen LogP contribution < -0.4 is 14.8 Å². The number of carbonyl (C=O) groups is 2. The van der Waals surface area contributed by atoms with Gasteiger partial charge in [-0.2, -0.15) is 0 Å². The van der Waals surface area contributed by atoms with E-state index in [9.17, 15) is 14.7 Å². The van der Waals surface area contributed by atoms with Crippen LogP contribution in [0.5, 0.6) is 11.5 Å². The fourth-order valence-corrected chi connectivity index (χ4v) is 4.51. The highest BCUT2D eigenvalue weighted by Crippen LogP contribution is 2.34. The molecular formula is C19H19N3O5S2. The average molecular weight is 434 g/mol. The molecule has 0 fully saturated rings. The van der Waals surface area contributed by atoms with Gasteiger partial charge in [-0.05, 0) is 13.0 Å². The first-order valence-corrected chi connectivity index (χ1v) is 10.4. The Balaban J connectivity index is 1.68. The van der Waals surface area contributed by atoms with Gasteiger partial charge < -0.3 is 19.9 Å². The fourth-order valence-electron chi connectivity index (χ4n) is 2.68. The summed E-state index contributed by atoms with van der Waals surface area (Å²) >= 11 is 3.06. The Kier molecular flexibility index (Phi) is 6.55. The number of anilines is 1. The van der Waals surface area contributed by atoms with E-state index in [2.05, 4.69) is 15.3 Å². The number of hydrogen-bond donors (Lipinski definition) is 2. The highest BCUT2D eigenvalue weighted by molar-refractivity contribution is 7.99. The summed E-state index contributed by atoms with van der Waals surface area (Å²) in [6, 6.07) is 4.79. The van der Waals surface area contributed by atoms with Crippen molar-refractivity contribution in [2.45, 2.75) is 18.4 Å². The Hall–Kier alpha value is -2.85. The molecule has 0 aliphatic rings. The molecule has 0 unspecified atom stereocenters. The standard InChI is InChI=1S/C19H19N3O5S2/c1-10-6-12-17(20-9-21-18(12)29-10)28-5-4-16(23)22-13-8-15(27-3)14(26-2)7-11(13)19(24)25/h6-9H,4-5H2,1-3H3,(H,22,23)(H,24,25). The number of amides is 1. The second-order valence-electron chi connectivity index (χ2n) is 5.96. The number of benzene rings is 1. The SMILES string of the molecule is COc1cc(NC(=O)CCSc2ncnc3sc(C)cc23)c(C(=O)O)cc1OC. The lowest BCUT2D eigenvalue weighted by Crippen LogP contribution is -2.15. The molecule has 0 atom stereocenters. The predicted octanol–water partition coefficient (Wildman–Crippen LogP) is 3.84. The first-order chi connectivity index (χ1) is 13.9. The molecule has 29 heavy (non-hydrogen) atoms. The summed E-state index contributed by atoms with van der Waals surface area (Å²) in [6.07, 6.45) is 1.70. The molecule has 2 aromatic heterocycles. The van der Waals surface area contributed by atoms with Gasteiger partial charge in [0.2, 0.25) is 5.91 Å². The van der Waals surface area contributed by atoms with Crippen molar-refractivity contribution >= 4 is 50.9 Å². The minimum Gasteiger partial charge on any atom is -0.493 e. The van der Waals surface area contributed by atoms with Crippen molar-refractivity contribution in [2.24, 2.45) is 0 Å². The second-order valence-corrected chi connectivity index (χ2v) is 8.28. The zero-order chi connectivity index (χ0) is 21.0. The third-order valence-electron chi connectivity index (χ3n) is 4.01. The number of aromatic nitrogens is 2. The van der Waals surface area contributed by atoms with Gasteiger partial charge in [0.25, 0.3) is 0 Å². The van der Waals surface area contributed by atoms with E-state index in [1.807, 2.05) is 13.0 Å². The van der Waals surface area contributed by atoms with Gasteiger partial charge in [0, 0.05) is 34.6 Å². The van der Waals surface area contributed by atoms with Crippen LogP contribution in [0.2, 0.25) is 0 Å². The number of hydrogen-bond acceptors (Lipinski definition) is 8. The second kappa shape index (κ2) is 9.10. The van der Waals surface area contributed by atoms with Crippen molar-refractivity contribution in [3.63, 3.8) is 0 Å². The molecule has 0 aliphatic heterocycles. The monoisotopic (exact) mass is 433 g/mol. The van der Waals surface area contributed by atoms with E-state index in [0.717, 1.165) is 20.1 Å². The molecule has 2 heterocycles. The van der Waals surface area contributed by atoms with Crippen molar-refractivity contribution in [1.82, 2.24) is 9.97 Å². The van der Waals surface area contributed by atoms with Gasteiger partial charge in [-0.15, -0.1) is 23.1 Å². The van der Waals surface area contributed by atoms with Gasteiger partial charge in [0.05, 0.1) is 25.5 Å². The Morgan fingerprint density at radius 3 is 2.59 bits per heavy atom. The third kappa shape index (κ3) is 4.77. The fraction of sp³-hybridized carbons (Fsp3) is 0.263. The quantitative estimate of drug-likeness (QED) is 0.407. The largest absolute Gasteiger partial charge is 0.493 e. The van der Waals surface area contributed by atoms with E-state index < -0.39 is 5.97 Å². The number of carboxylic acids is 1. The number of aryl methyl sites for hydroxylation is 1. The van der Waals surface area contributed by atoms with Gasteiger partial charge in [0.15, 0.2) is 11.5 Å². The maximum atomic E-state index is 12.4. The van der Waals surface area contributed by atoms with Crippen LogP contribution in [-0.2, 0) is 4.79 Å². The predicted molar refractivity (Wildman–Crippen MR) is 113 cm³/mol. The summed E-state index contributed by atoms with van der Waals surface area (Å²) in [5, 5.41) is 13.9. The van der Waals surface area contributed by atoms with Crippen LogP contribution in [0.25, 0.3) is 10.2 Å². The van der Waals surface area contributed by atoms with Crippen LogP contribution in [0, 0.1) is 6.92 Å². The van der Waals surface area contributed by atoms with Gasteiger partial charge in [-0.3, -0.25) is 4.79 Å².